The van der Waals surface area contributed by atoms with Crippen LogP contribution in [-0.2, 0) is 16.0 Å². The van der Waals surface area contributed by atoms with Crippen molar-refractivity contribution in [1.29, 1.82) is 0 Å². The molecule has 0 atom stereocenters. The number of ether oxygens (including phenoxy) is 1. The van der Waals surface area contributed by atoms with Crippen LogP contribution in [-0.4, -0.2) is 37.6 Å². The second kappa shape index (κ2) is 8.03. The zero-order chi connectivity index (χ0) is 15.1. The Kier molecular flexibility index (Phi) is 6.05. The summed E-state index contributed by atoms with van der Waals surface area (Å²) in [5.74, 6) is 0.907. The Bertz CT molecular complexity index is 456. The standard InChI is InChI=1S/C17H26N2O2/c1-19(11-8-14-9-12-21-13-10-14)17(20)7-6-15-4-2-3-5-16(15)18/h2-5,14H,6-13,18H2,1H3. The number of rotatable bonds is 6. The van der Waals surface area contributed by atoms with Gasteiger partial charge >= 0.3 is 0 Å². The van der Waals surface area contributed by atoms with Gasteiger partial charge in [-0.1, -0.05) is 18.2 Å². The van der Waals surface area contributed by atoms with Gasteiger partial charge in [0.1, 0.15) is 0 Å². The maximum Gasteiger partial charge on any atom is 0.222 e. The van der Waals surface area contributed by atoms with E-state index in [1.54, 1.807) is 0 Å². The lowest BCUT2D eigenvalue weighted by Crippen LogP contribution is -2.30. The highest BCUT2D eigenvalue weighted by Gasteiger charge is 2.16. The van der Waals surface area contributed by atoms with Crippen LogP contribution in [0, 0.1) is 5.92 Å². The molecule has 0 bridgehead atoms. The molecule has 1 heterocycles. The Hall–Kier alpha value is -1.55. The van der Waals surface area contributed by atoms with E-state index in [1.165, 1.54) is 0 Å². The largest absolute Gasteiger partial charge is 0.399 e. The lowest BCUT2D eigenvalue weighted by atomic mass is 9.96. The van der Waals surface area contributed by atoms with Crippen LogP contribution in [0.2, 0.25) is 0 Å². The van der Waals surface area contributed by atoms with E-state index < -0.39 is 0 Å². The van der Waals surface area contributed by atoms with Gasteiger partial charge < -0.3 is 15.4 Å². The van der Waals surface area contributed by atoms with E-state index in [-0.39, 0.29) is 5.91 Å². The quantitative estimate of drug-likeness (QED) is 0.819. The SMILES string of the molecule is CN(CCC1CCOCC1)C(=O)CCc1ccccc1N. The molecule has 4 heteroatoms. The molecule has 1 aliphatic rings. The van der Waals surface area contributed by atoms with E-state index in [0.29, 0.717) is 18.8 Å². The molecule has 4 nitrogen and oxygen atoms in total. The number of anilines is 1. The third-order valence-corrected chi connectivity index (χ3v) is 4.30. The summed E-state index contributed by atoms with van der Waals surface area (Å²) >= 11 is 0. The van der Waals surface area contributed by atoms with E-state index in [9.17, 15) is 4.79 Å². The van der Waals surface area contributed by atoms with Gasteiger partial charge in [0.25, 0.3) is 0 Å². The molecule has 116 valence electrons. The van der Waals surface area contributed by atoms with Gasteiger partial charge in [-0.2, -0.15) is 0 Å². The monoisotopic (exact) mass is 290 g/mol. The van der Waals surface area contributed by atoms with E-state index in [1.807, 2.05) is 36.2 Å². The highest BCUT2D eigenvalue weighted by Crippen LogP contribution is 2.19. The molecule has 0 unspecified atom stereocenters. The van der Waals surface area contributed by atoms with Crippen molar-refractivity contribution in [2.75, 3.05) is 32.5 Å². The van der Waals surface area contributed by atoms with Crippen LogP contribution in [0.15, 0.2) is 24.3 Å². The predicted molar refractivity (Wildman–Crippen MR) is 85.0 cm³/mol. The predicted octanol–water partition coefficient (Wildman–Crippen LogP) is 2.48. The first kappa shape index (κ1) is 15.8. The Morgan fingerprint density at radius 2 is 2.05 bits per heavy atom. The van der Waals surface area contributed by atoms with Crippen molar-refractivity contribution in [2.45, 2.75) is 32.1 Å². The molecule has 1 fully saturated rings. The molecule has 2 rings (SSSR count). The Labute approximate surface area is 127 Å². The third-order valence-electron chi connectivity index (χ3n) is 4.30. The maximum absolute atomic E-state index is 12.2. The minimum Gasteiger partial charge on any atom is -0.399 e. The minimum atomic E-state index is 0.199. The van der Waals surface area contributed by atoms with Crippen LogP contribution in [0.1, 0.15) is 31.2 Å². The summed E-state index contributed by atoms with van der Waals surface area (Å²) in [5.41, 5.74) is 7.73. The molecular formula is C17H26N2O2. The fourth-order valence-corrected chi connectivity index (χ4v) is 2.73. The van der Waals surface area contributed by atoms with Gasteiger partial charge in [-0.05, 0) is 43.2 Å². The first-order valence-electron chi connectivity index (χ1n) is 7.82. The third kappa shape index (κ3) is 5.05. The van der Waals surface area contributed by atoms with Crippen LogP contribution >= 0.6 is 0 Å². The average molecular weight is 290 g/mol. The summed E-state index contributed by atoms with van der Waals surface area (Å²) in [6, 6.07) is 7.75. The minimum absolute atomic E-state index is 0.199. The molecule has 0 aliphatic carbocycles. The van der Waals surface area contributed by atoms with Crippen molar-refractivity contribution in [3.63, 3.8) is 0 Å². The van der Waals surface area contributed by atoms with Crippen molar-refractivity contribution in [1.82, 2.24) is 4.90 Å². The molecule has 1 aliphatic heterocycles. The van der Waals surface area contributed by atoms with Crippen LogP contribution in [0.25, 0.3) is 0 Å². The van der Waals surface area contributed by atoms with Crippen molar-refractivity contribution >= 4 is 11.6 Å². The highest BCUT2D eigenvalue weighted by molar-refractivity contribution is 5.76. The van der Waals surface area contributed by atoms with Crippen LogP contribution < -0.4 is 5.73 Å². The van der Waals surface area contributed by atoms with Gasteiger partial charge in [0.05, 0.1) is 0 Å². The number of nitrogens with two attached hydrogens (primary N) is 1. The first-order chi connectivity index (χ1) is 10.2. The van der Waals surface area contributed by atoms with Crippen LogP contribution in [0.5, 0.6) is 0 Å². The number of nitrogens with zero attached hydrogens (tertiary/aromatic N) is 1. The maximum atomic E-state index is 12.2. The second-order valence-electron chi connectivity index (χ2n) is 5.86. The van der Waals surface area contributed by atoms with Crippen LogP contribution in [0.4, 0.5) is 5.69 Å². The van der Waals surface area contributed by atoms with Crippen molar-refractivity contribution in [3.05, 3.63) is 29.8 Å². The molecule has 0 aromatic heterocycles. The Morgan fingerprint density at radius 1 is 1.33 bits per heavy atom. The van der Waals surface area contributed by atoms with Gasteiger partial charge in [0.2, 0.25) is 5.91 Å². The fourth-order valence-electron chi connectivity index (χ4n) is 2.73. The molecule has 2 N–H and O–H groups in total. The molecule has 0 spiro atoms. The number of hydrogen-bond acceptors (Lipinski definition) is 3. The summed E-state index contributed by atoms with van der Waals surface area (Å²) in [6.45, 7) is 2.58. The number of para-hydroxylation sites is 1. The lowest BCUT2D eigenvalue weighted by Gasteiger charge is -2.25. The van der Waals surface area contributed by atoms with Crippen molar-refractivity contribution < 1.29 is 9.53 Å². The van der Waals surface area contributed by atoms with E-state index >= 15 is 0 Å². The molecule has 0 saturated carbocycles. The number of carbonyl (C=O) groups is 1. The topological polar surface area (TPSA) is 55.6 Å². The van der Waals surface area contributed by atoms with Crippen molar-refractivity contribution in [3.8, 4) is 0 Å². The molecule has 1 aromatic carbocycles. The van der Waals surface area contributed by atoms with Gasteiger partial charge in [0.15, 0.2) is 0 Å². The molecule has 1 aromatic rings. The number of amides is 1. The van der Waals surface area contributed by atoms with E-state index in [2.05, 4.69) is 0 Å². The zero-order valence-electron chi connectivity index (χ0n) is 12.9. The van der Waals surface area contributed by atoms with Gasteiger partial charge in [0, 0.05) is 38.9 Å². The summed E-state index contributed by atoms with van der Waals surface area (Å²) in [4.78, 5) is 14.0. The number of aryl methyl sites for hydroxylation is 1. The van der Waals surface area contributed by atoms with E-state index in [4.69, 9.17) is 10.5 Å². The molecule has 1 amide bonds. The highest BCUT2D eigenvalue weighted by atomic mass is 16.5. The Balaban J connectivity index is 1.71. The zero-order valence-corrected chi connectivity index (χ0v) is 12.9. The van der Waals surface area contributed by atoms with Crippen LogP contribution in [0.3, 0.4) is 0 Å². The lowest BCUT2D eigenvalue weighted by molar-refractivity contribution is -0.130. The number of nitrogen functional groups attached to an aromatic ring is 1. The molecule has 21 heavy (non-hydrogen) atoms. The van der Waals surface area contributed by atoms with Gasteiger partial charge in [-0.15, -0.1) is 0 Å². The summed E-state index contributed by atoms with van der Waals surface area (Å²) in [6.07, 6.45) is 4.58. The molecule has 0 radical (unpaired) electrons. The summed E-state index contributed by atoms with van der Waals surface area (Å²) in [7, 11) is 1.90. The molecular weight excluding hydrogens is 264 g/mol. The number of carbonyl (C=O) groups excluding carboxylic acids is 1. The smallest absolute Gasteiger partial charge is 0.222 e. The number of hydrogen-bond donors (Lipinski definition) is 1. The van der Waals surface area contributed by atoms with Gasteiger partial charge in [-0.3, -0.25) is 4.79 Å². The Morgan fingerprint density at radius 3 is 2.76 bits per heavy atom. The second-order valence-corrected chi connectivity index (χ2v) is 5.86. The van der Waals surface area contributed by atoms with E-state index in [0.717, 1.165) is 50.3 Å². The normalized spacial score (nSPS) is 15.9. The fraction of sp³-hybridized carbons (Fsp3) is 0.588. The van der Waals surface area contributed by atoms with Gasteiger partial charge in [-0.25, -0.2) is 0 Å². The summed E-state index contributed by atoms with van der Waals surface area (Å²) in [5, 5.41) is 0. The average Bonchev–Trinajstić information content (AvgIpc) is 2.52. The van der Waals surface area contributed by atoms with Crippen molar-refractivity contribution in [2.24, 2.45) is 5.92 Å². The first-order valence-corrected chi connectivity index (χ1v) is 7.82. The summed E-state index contributed by atoms with van der Waals surface area (Å²) < 4.78 is 5.36. The molecule has 1 saturated heterocycles. The number of benzene rings is 1.